The van der Waals surface area contributed by atoms with Crippen LogP contribution in [0.5, 0.6) is 5.75 Å². The minimum absolute atomic E-state index is 0.0195. The number of fused-ring (bicyclic) bond motifs is 3. The second kappa shape index (κ2) is 11.0. The lowest BCUT2D eigenvalue weighted by atomic mass is 10.1. The third-order valence-corrected chi connectivity index (χ3v) is 6.65. The lowest BCUT2D eigenvalue weighted by Gasteiger charge is -2.09. The molecule has 0 aliphatic rings. The molecule has 0 aliphatic carbocycles. The van der Waals surface area contributed by atoms with Crippen molar-refractivity contribution in [1.82, 2.24) is 9.99 Å². The van der Waals surface area contributed by atoms with Crippen molar-refractivity contribution in [2.45, 2.75) is 6.54 Å². The molecule has 0 saturated carbocycles. The minimum Gasteiger partial charge on any atom is -0.507 e. The summed E-state index contributed by atoms with van der Waals surface area (Å²) in [5.74, 6) is -0.329. The van der Waals surface area contributed by atoms with Gasteiger partial charge in [0.05, 0.1) is 17.6 Å². The Bertz CT molecular complexity index is 1820. The normalized spacial score (nSPS) is 11.6. The summed E-state index contributed by atoms with van der Waals surface area (Å²) < 4.78 is 2.30. The molecule has 0 radical (unpaired) electrons. The maximum Gasteiger partial charge on any atom is 0.271 e. The van der Waals surface area contributed by atoms with E-state index in [2.05, 4.69) is 73.9 Å². The van der Waals surface area contributed by atoms with E-state index >= 15 is 0 Å². The Balaban J connectivity index is 1.13. The van der Waals surface area contributed by atoms with Crippen molar-refractivity contribution >= 4 is 45.3 Å². The predicted octanol–water partition coefficient (Wildman–Crippen LogP) is 7.73. The summed E-state index contributed by atoms with van der Waals surface area (Å²) in [5, 5.41) is 25.1. The number of para-hydroxylation sites is 2. The number of benzene rings is 5. The van der Waals surface area contributed by atoms with Gasteiger partial charge in [-0.25, -0.2) is 5.43 Å². The van der Waals surface area contributed by atoms with Gasteiger partial charge in [-0.2, -0.15) is 15.3 Å². The number of hydrogen-bond acceptors (Lipinski definition) is 5. The number of aromatic nitrogens is 1. The van der Waals surface area contributed by atoms with Crippen LogP contribution in [0.2, 0.25) is 0 Å². The molecule has 1 aromatic heterocycles. The van der Waals surface area contributed by atoms with Crippen LogP contribution in [0, 0.1) is 0 Å². The number of carbonyl (C=O) groups is 1. The highest BCUT2D eigenvalue weighted by Gasteiger charge is 2.11. The van der Waals surface area contributed by atoms with Gasteiger partial charge in [0, 0.05) is 39.5 Å². The molecule has 6 rings (SSSR count). The number of carbonyl (C=O) groups excluding carboxylic acids is 1. The summed E-state index contributed by atoms with van der Waals surface area (Å²) in [4.78, 5) is 12.7. The summed E-state index contributed by atoms with van der Waals surface area (Å²) in [7, 11) is 0. The van der Waals surface area contributed by atoms with Crippen LogP contribution in [-0.4, -0.2) is 21.8 Å². The first-order chi connectivity index (χ1) is 19.7. The Morgan fingerprint density at radius 1 is 0.725 bits per heavy atom. The molecule has 7 nitrogen and oxygen atoms in total. The molecule has 0 aliphatic heterocycles. The standard InChI is InChI=1S/C33H25N5O2/c39-32-19-18-27(36-35-26-8-2-1-3-9-26)20-25(32)21-34-37-33(40)24-16-14-23(15-17-24)22-38-30-12-6-4-10-28(30)29-11-5-7-13-31(29)38/h1-21,39H,22H2,(H,37,40)/b34-21+,36-35?. The SMILES string of the molecule is O=C(N/N=C/c1cc(N=Nc2ccccc2)ccc1O)c1ccc(Cn2c3ccccc3c3ccccc32)cc1. The number of hydrazone groups is 1. The number of amides is 1. The molecule has 7 heteroatoms. The van der Waals surface area contributed by atoms with Crippen molar-refractivity contribution < 1.29 is 9.90 Å². The van der Waals surface area contributed by atoms with Crippen LogP contribution in [-0.2, 0) is 6.54 Å². The largest absolute Gasteiger partial charge is 0.507 e. The fourth-order valence-corrected chi connectivity index (χ4v) is 4.66. The molecule has 0 fully saturated rings. The zero-order valence-corrected chi connectivity index (χ0v) is 21.5. The molecule has 2 N–H and O–H groups in total. The van der Waals surface area contributed by atoms with Crippen molar-refractivity contribution in [3.63, 3.8) is 0 Å². The second-order valence-electron chi connectivity index (χ2n) is 9.30. The molecular weight excluding hydrogens is 498 g/mol. The van der Waals surface area contributed by atoms with E-state index in [0.717, 1.165) is 11.3 Å². The molecule has 1 amide bonds. The molecule has 0 atom stereocenters. The molecule has 1 heterocycles. The highest BCUT2D eigenvalue weighted by Crippen LogP contribution is 2.29. The first-order valence-electron chi connectivity index (χ1n) is 12.8. The first-order valence-corrected chi connectivity index (χ1v) is 12.8. The first kappa shape index (κ1) is 24.8. The monoisotopic (exact) mass is 523 g/mol. The summed E-state index contributed by atoms with van der Waals surface area (Å²) in [6.45, 7) is 0.686. The van der Waals surface area contributed by atoms with E-state index in [4.69, 9.17) is 0 Å². The van der Waals surface area contributed by atoms with Crippen LogP contribution >= 0.6 is 0 Å². The Morgan fingerprint density at radius 3 is 2.05 bits per heavy atom. The summed E-state index contributed by atoms with van der Waals surface area (Å²) >= 11 is 0. The van der Waals surface area contributed by atoms with Gasteiger partial charge in [0.2, 0.25) is 0 Å². The van der Waals surface area contributed by atoms with E-state index in [1.54, 1.807) is 24.3 Å². The van der Waals surface area contributed by atoms with Crippen molar-refractivity contribution in [2.75, 3.05) is 0 Å². The average Bonchev–Trinajstić information content (AvgIpc) is 3.31. The van der Waals surface area contributed by atoms with Crippen LogP contribution in [0.25, 0.3) is 21.8 Å². The molecule has 0 bridgehead atoms. The second-order valence-corrected chi connectivity index (χ2v) is 9.30. The molecule has 0 unspecified atom stereocenters. The number of phenolic OH excluding ortho intramolecular Hbond substituents is 1. The van der Waals surface area contributed by atoms with Crippen LogP contribution in [0.1, 0.15) is 21.5 Å². The number of nitrogens with zero attached hydrogens (tertiary/aromatic N) is 4. The molecule has 5 aromatic carbocycles. The highest BCUT2D eigenvalue weighted by atomic mass is 16.3. The molecule has 0 spiro atoms. The number of rotatable bonds is 7. The van der Waals surface area contributed by atoms with E-state index in [-0.39, 0.29) is 11.7 Å². The highest BCUT2D eigenvalue weighted by molar-refractivity contribution is 6.08. The number of azo groups is 1. The third-order valence-electron chi connectivity index (χ3n) is 6.65. The van der Waals surface area contributed by atoms with Crippen LogP contribution in [0.4, 0.5) is 11.4 Å². The minimum atomic E-state index is -0.348. The molecule has 0 saturated heterocycles. The van der Waals surface area contributed by atoms with Crippen molar-refractivity contribution in [3.8, 4) is 5.75 Å². The Labute approximate surface area is 230 Å². The van der Waals surface area contributed by atoms with Crippen molar-refractivity contribution in [1.29, 1.82) is 0 Å². The van der Waals surface area contributed by atoms with Gasteiger partial charge in [-0.1, -0.05) is 66.7 Å². The number of hydrogen-bond donors (Lipinski definition) is 2. The van der Waals surface area contributed by atoms with E-state index < -0.39 is 0 Å². The fourth-order valence-electron chi connectivity index (χ4n) is 4.66. The molecular formula is C33H25N5O2. The zero-order valence-electron chi connectivity index (χ0n) is 21.5. The van der Waals surface area contributed by atoms with Gasteiger partial charge in [0.1, 0.15) is 5.75 Å². The van der Waals surface area contributed by atoms with E-state index in [0.29, 0.717) is 23.4 Å². The zero-order chi connectivity index (χ0) is 27.3. The fraction of sp³-hybridized carbons (Fsp3) is 0.0303. The van der Waals surface area contributed by atoms with Crippen LogP contribution in [0.15, 0.2) is 137 Å². The summed E-state index contributed by atoms with van der Waals surface area (Å²) in [5.41, 5.74) is 8.12. The van der Waals surface area contributed by atoms with Gasteiger partial charge in [-0.05, 0) is 60.2 Å². The molecule has 6 aromatic rings. The lowest BCUT2D eigenvalue weighted by Crippen LogP contribution is -2.17. The quantitative estimate of drug-likeness (QED) is 0.127. The number of nitrogens with one attached hydrogen (secondary N) is 1. The summed E-state index contributed by atoms with van der Waals surface area (Å²) in [6.07, 6.45) is 1.38. The van der Waals surface area contributed by atoms with E-state index in [1.807, 2.05) is 42.5 Å². The van der Waals surface area contributed by atoms with Gasteiger partial charge in [-0.15, -0.1) is 0 Å². The van der Waals surface area contributed by atoms with Crippen LogP contribution < -0.4 is 5.43 Å². The van der Waals surface area contributed by atoms with Crippen molar-refractivity contribution in [2.24, 2.45) is 15.3 Å². The number of aromatic hydroxyl groups is 1. The summed E-state index contributed by atoms with van der Waals surface area (Å²) in [6, 6.07) is 38.4. The topological polar surface area (TPSA) is 91.3 Å². The lowest BCUT2D eigenvalue weighted by molar-refractivity contribution is 0.0955. The average molecular weight is 524 g/mol. The van der Waals surface area contributed by atoms with Crippen molar-refractivity contribution in [3.05, 3.63) is 138 Å². The smallest absolute Gasteiger partial charge is 0.271 e. The van der Waals surface area contributed by atoms with E-state index in [1.165, 1.54) is 34.1 Å². The maximum absolute atomic E-state index is 12.7. The maximum atomic E-state index is 12.7. The van der Waals surface area contributed by atoms with Gasteiger partial charge >= 0.3 is 0 Å². The van der Waals surface area contributed by atoms with Gasteiger partial charge in [-0.3, -0.25) is 4.79 Å². The van der Waals surface area contributed by atoms with Gasteiger partial charge in [0.25, 0.3) is 5.91 Å². The Hall–Kier alpha value is -5.56. The van der Waals surface area contributed by atoms with Gasteiger partial charge < -0.3 is 9.67 Å². The molecule has 194 valence electrons. The Kier molecular flexibility index (Phi) is 6.84. The van der Waals surface area contributed by atoms with Crippen LogP contribution in [0.3, 0.4) is 0 Å². The third kappa shape index (κ3) is 5.21. The molecule has 40 heavy (non-hydrogen) atoms. The predicted molar refractivity (Wildman–Crippen MR) is 159 cm³/mol. The van der Waals surface area contributed by atoms with Gasteiger partial charge in [0.15, 0.2) is 0 Å². The Morgan fingerprint density at radius 2 is 1.35 bits per heavy atom. The van der Waals surface area contributed by atoms with E-state index in [9.17, 15) is 9.90 Å². The number of phenols is 1.